The summed E-state index contributed by atoms with van der Waals surface area (Å²) in [5, 5.41) is 6.16. The Labute approximate surface area is 402 Å². The molecule has 9 aromatic carbocycles. The summed E-state index contributed by atoms with van der Waals surface area (Å²) in [6.07, 6.45) is 5.27. The highest BCUT2D eigenvalue weighted by Gasteiger charge is 2.46. The minimum Gasteiger partial charge on any atom is -0.256 e. The smallest absolute Gasteiger partial charge is 0.0751 e. The molecule has 326 valence electrons. The molecule has 0 spiro atoms. The maximum atomic E-state index is 4.75. The highest BCUT2D eigenvalue weighted by Crippen LogP contribution is 2.57. The summed E-state index contributed by atoms with van der Waals surface area (Å²) >= 11 is 0. The van der Waals surface area contributed by atoms with E-state index in [1.165, 1.54) is 77.2 Å². The molecular weight excluding hydrogens is 835 g/mol. The first-order valence-electron chi connectivity index (χ1n) is 24.0. The van der Waals surface area contributed by atoms with Crippen molar-refractivity contribution in [2.75, 3.05) is 5.01 Å². The number of fused-ring (bicyclic) bond motifs is 6. The monoisotopic (exact) mass is 881 g/mol. The number of hydrogen-bond donors (Lipinski definition) is 0. The molecule has 0 bridgehead atoms. The van der Waals surface area contributed by atoms with Gasteiger partial charge in [0.2, 0.25) is 0 Å². The lowest BCUT2D eigenvalue weighted by atomic mass is 9.67. The fourth-order valence-corrected chi connectivity index (χ4v) is 11.5. The highest BCUT2D eigenvalue weighted by molar-refractivity contribution is 5.99. The van der Waals surface area contributed by atoms with E-state index in [0.29, 0.717) is 0 Å². The molecule has 0 saturated carbocycles. The molecule has 3 nitrogen and oxygen atoms in total. The average molecular weight is 882 g/mol. The fourth-order valence-electron chi connectivity index (χ4n) is 11.5. The van der Waals surface area contributed by atoms with E-state index >= 15 is 0 Å². The summed E-state index contributed by atoms with van der Waals surface area (Å²) in [5.41, 5.74) is 18.4. The van der Waals surface area contributed by atoms with Gasteiger partial charge >= 0.3 is 0 Å². The molecule has 0 saturated heterocycles. The lowest BCUT2D eigenvalue weighted by Gasteiger charge is -2.35. The van der Waals surface area contributed by atoms with Crippen LogP contribution in [0.15, 0.2) is 261 Å². The van der Waals surface area contributed by atoms with Gasteiger partial charge in [0, 0.05) is 28.3 Å². The molecule has 2 aliphatic rings. The third kappa shape index (κ3) is 6.61. The van der Waals surface area contributed by atoms with Gasteiger partial charge in [0.15, 0.2) is 0 Å². The van der Waals surface area contributed by atoms with Crippen molar-refractivity contribution in [1.29, 1.82) is 0 Å². The van der Waals surface area contributed by atoms with E-state index in [4.69, 9.17) is 4.98 Å². The largest absolute Gasteiger partial charge is 0.256 e. The quantitative estimate of drug-likeness (QED) is 0.144. The van der Waals surface area contributed by atoms with Crippen LogP contribution in [0.3, 0.4) is 0 Å². The van der Waals surface area contributed by atoms with Gasteiger partial charge in [-0.3, -0.25) is 4.98 Å². The molecule has 69 heavy (non-hydrogen) atoms. The third-order valence-corrected chi connectivity index (χ3v) is 14.5. The molecule has 0 amide bonds. The van der Waals surface area contributed by atoms with Crippen LogP contribution >= 0.6 is 0 Å². The van der Waals surface area contributed by atoms with Crippen molar-refractivity contribution in [3.63, 3.8) is 0 Å². The van der Waals surface area contributed by atoms with Crippen molar-refractivity contribution in [2.24, 2.45) is 0 Å². The predicted molar refractivity (Wildman–Crippen MR) is 285 cm³/mol. The molecule has 3 heteroatoms. The Balaban J connectivity index is 1.17. The van der Waals surface area contributed by atoms with Gasteiger partial charge in [-0.05, 0) is 110 Å². The van der Waals surface area contributed by atoms with Crippen LogP contribution in [0, 0.1) is 0 Å². The maximum Gasteiger partial charge on any atom is 0.0751 e. The topological polar surface area (TPSA) is 21.1 Å². The van der Waals surface area contributed by atoms with Gasteiger partial charge in [-0.1, -0.05) is 218 Å². The van der Waals surface area contributed by atoms with E-state index < -0.39 is 5.41 Å². The first-order chi connectivity index (χ1) is 34.3. The second kappa shape index (κ2) is 16.8. The summed E-state index contributed by atoms with van der Waals surface area (Å²) in [6, 6.07) is 93.4. The molecular formula is C66H47N3. The van der Waals surface area contributed by atoms with Crippen molar-refractivity contribution in [2.45, 2.75) is 17.8 Å². The predicted octanol–water partition coefficient (Wildman–Crippen LogP) is 14.5. The van der Waals surface area contributed by atoms with Crippen molar-refractivity contribution in [1.82, 2.24) is 9.66 Å². The lowest BCUT2D eigenvalue weighted by Crippen LogP contribution is -2.42. The van der Waals surface area contributed by atoms with E-state index in [2.05, 4.69) is 264 Å². The molecule has 13 rings (SSSR count). The number of rotatable bonds is 9. The van der Waals surface area contributed by atoms with E-state index in [-0.39, 0.29) is 5.92 Å². The van der Waals surface area contributed by atoms with Crippen molar-refractivity contribution >= 4 is 33.9 Å². The second-order valence-corrected chi connectivity index (χ2v) is 18.2. The number of aromatic nitrogens is 2. The Bertz CT molecular complexity index is 3730. The normalized spacial score (nSPS) is 14.4. The summed E-state index contributed by atoms with van der Waals surface area (Å²) in [6.45, 7) is 0. The van der Waals surface area contributed by atoms with Gasteiger partial charge < -0.3 is 0 Å². The standard InChI is InChI=1S/C66H47N3/c1-6-21-46(22-7-1)50-43-58(48-25-10-3-11-26-48)65-59(44-50)64-55(47-23-8-2-9-24-47)32-20-35-63(64)69(65)68(53-38-36-49(37-39-53)62-34-18-19-42-67-62)54-40-41-57-56-31-16-17-33-60(56)66(61(57)45-54,51-27-12-4-13-28-51)52-29-14-5-15-30-52/h1-42,44-45,50H,43H2. The molecule has 1 unspecified atom stereocenters. The molecule has 2 heterocycles. The van der Waals surface area contributed by atoms with Gasteiger partial charge in [-0.25, -0.2) is 9.69 Å². The van der Waals surface area contributed by atoms with Crippen LogP contribution < -0.4 is 15.6 Å². The van der Waals surface area contributed by atoms with Gasteiger partial charge in [-0.2, -0.15) is 0 Å². The maximum absolute atomic E-state index is 4.75. The number of hydrogen-bond acceptors (Lipinski definition) is 2. The van der Waals surface area contributed by atoms with E-state index in [0.717, 1.165) is 34.6 Å². The van der Waals surface area contributed by atoms with Crippen molar-refractivity contribution in [3.8, 4) is 33.5 Å². The van der Waals surface area contributed by atoms with Gasteiger partial charge in [0.1, 0.15) is 0 Å². The van der Waals surface area contributed by atoms with Crippen molar-refractivity contribution in [3.05, 3.63) is 305 Å². The van der Waals surface area contributed by atoms with E-state index in [1.807, 2.05) is 12.3 Å². The first kappa shape index (κ1) is 40.5. The Morgan fingerprint density at radius 3 is 1.71 bits per heavy atom. The number of benzene rings is 9. The summed E-state index contributed by atoms with van der Waals surface area (Å²) < 4.78 is 2.55. The summed E-state index contributed by atoms with van der Waals surface area (Å²) in [4.78, 5) is 4.75. The van der Waals surface area contributed by atoms with Crippen LogP contribution in [0.4, 0.5) is 11.4 Å². The zero-order valence-electron chi connectivity index (χ0n) is 38.0. The van der Waals surface area contributed by atoms with Crippen LogP contribution in [0.25, 0.3) is 56.1 Å². The average Bonchev–Trinajstić information content (AvgIpc) is 3.93. The zero-order valence-corrected chi connectivity index (χ0v) is 38.0. The van der Waals surface area contributed by atoms with Crippen LogP contribution in [-0.2, 0) is 5.41 Å². The Kier molecular flexibility index (Phi) is 9.87. The third-order valence-electron chi connectivity index (χ3n) is 14.5. The summed E-state index contributed by atoms with van der Waals surface area (Å²) in [7, 11) is 0. The molecule has 11 aromatic rings. The second-order valence-electron chi connectivity index (χ2n) is 18.2. The fraction of sp³-hybridized carbons (Fsp3) is 0.0455. The minimum atomic E-state index is -0.574. The Morgan fingerprint density at radius 1 is 0.449 bits per heavy atom. The van der Waals surface area contributed by atoms with Gasteiger partial charge in [-0.15, -0.1) is 0 Å². The first-order valence-corrected chi connectivity index (χ1v) is 24.0. The van der Waals surface area contributed by atoms with Crippen LogP contribution in [0.1, 0.15) is 45.7 Å². The van der Waals surface area contributed by atoms with Crippen LogP contribution in [0.2, 0.25) is 0 Å². The molecule has 2 aromatic heterocycles. The van der Waals surface area contributed by atoms with E-state index in [1.54, 1.807) is 0 Å². The lowest BCUT2D eigenvalue weighted by molar-refractivity contribution is 0.763. The molecule has 1 atom stereocenters. The molecule has 0 radical (unpaired) electrons. The minimum absolute atomic E-state index is 0.166. The number of nitrogens with zero attached hydrogens (tertiary/aromatic N) is 3. The zero-order chi connectivity index (χ0) is 45.7. The Hall–Kier alpha value is -8.79. The van der Waals surface area contributed by atoms with Crippen LogP contribution in [-0.4, -0.2) is 9.66 Å². The molecule has 2 aliphatic carbocycles. The highest BCUT2D eigenvalue weighted by atomic mass is 15.6. The number of pyridine rings is 1. The molecule has 0 N–H and O–H groups in total. The van der Waals surface area contributed by atoms with Gasteiger partial charge in [0.25, 0.3) is 0 Å². The molecule has 0 aliphatic heterocycles. The van der Waals surface area contributed by atoms with Crippen LogP contribution in [0.5, 0.6) is 0 Å². The summed E-state index contributed by atoms with van der Waals surface area (Å²) in [5.74, 6) is 0.166. The molecule has 0 fully saturated rings. The van der Waals surface area contributed by atoms with Gasteiger partial charge in [0.05, 0.1) is 33.3 Å². The van der Waals surface area contributed by atoms with Crippen molar-refractivity contribution < 1.29 is 0 Å². The SMILES string of the molecule is C1=c2c(n(N(c3ccc(-c4ccccn4)cc3)c3ccc4c(c3)C(c3ccccc3)(c3ccccc3)c3ccccc3-4)c3cccc(-c4ccccc4)c23)=C(c2ccccc2)CC1c1ccccc1. The number of anilines is 2. The Morgan fingerprint density at radius 2 is 1.03 bits per heavy atom. The van der Waals surface area contributed by atoms with E-state index in [9.17, 15) is 0 Å².